The van der Waals surface area contributed by atoms with Crippen LogP contribution < -0.4 is 5.32 Å². The van der Waals surface area contributed by atoms with Crippen molar-refractivity contribution in [3.8, 4) is 33.8 Å². The van der Waals surface area contributed by atoms with E-state index in [2.05, 4.69) is 35.9 Å². The van der Waals surface area contributed by atoms with Crippen LogP contribution in [0, 0.1) is 5.82 Å². The summed E-state index contributed by atoms with van der Waals surface area (Å²) in [5, 5.41) is 4.83. The third-order valence-electron chi connectivity index (χ3n) is 5.83. The molecule has 158 valence electrons. The maximum absolute atomic E-state index is 14.5. The Morgan fingerprint density at radius 3 is 2.81 bits per heavy atom. The smallest absolute Gasteiger partial charge is 0.132 e. The molecule has 0 saturated carbocycles. The zero-order valence-electron chi connectivity index (χ0n) is 16.9. The van der Waals surface area contributed by atoms with Gasteiger partial charge in [-0.1, -0.05) is 17.7 Å². The van der Waals surface area contributed by atoms with Gasteiger partial charge < -0.3 is 14.9 Å². The number of benzene rings is 2. The van der Waals surface area contributed by atoms with Gasteiger partial charge in [-0.15, -0.1) is 0 Å². The number of nitrogens with zero attached hydrogens (tertiary/aromatic N) is 4. The van der Waals surface area contributed by atoms with E-state index in [0.29, 0.717) is 22.0 Å². The Morgan fingerprint density at radius 1 is 0.969 bits per heavy atom. The Bertz CT molecular complexity index is 1470. The maximum atomic E-state index is 14.5. The topological polar surface area (TPSA) is 71.4 Å². The largest absolute Gasteiger partial charge is 0.344 e. The van der Waals surface area contributed by atoms with Crippen molar-refractivity contribution in [2.45, 2.75) is 13.1 Å². The van der Waals surface area contributed by atoms with Gasteiger partial charge in [-0.05, 0) is 36.4 Å². The monoisotopic (exact) mass is 444 g/mol. The van der Waals surface area contributed by atoms with Gasteiger partial charge in [-0.25, -0.2) is 14.4 Å². The molecule has 1 aliphatic heterocycles. The molecule has 0 bridgehead atoms. The van der Waals surface area contributed by atoms with Crippen LogP contribution >= 0.6 is 11.6 Å². The molecule has 0 atom stereocenters. The first-order chi connectivity index (χ1) is 15.7. The molecule has 8 heteroatoms. The van der Waals surface area contributed by atoms with Gasteiger partial charge in [-0.2, -0.15) is 0 Å². The summed E-state index contributed by atoms with van der Waals surface area (Å²) in [7, 11) is 0. The van der Waals surface area contributed by atoms with Crippen LogP contribution in [0.1, 0.15) is 5.69 Å². The number of pyridine rings is 1. The Morgan fingerprint density at radius 2 is 1.88 bits per heavy atom. The number of aromatic nitrogens is 5. The molecule has 2 aromatic carbocycles. The molecule has 0 radical (unpaired) electrons. The van der Waals surface area contributed by atoms with Crippen LogP contribution in [-0.4, -0.2) is 31.0 Å². The molecule has 32 heavy (non-hydrogen) atoms. The molecule has 5 aromatic rings. The zero-order chi connectivity index (χ0) is 21.7. The third-order valence-corrected chi connectivity index (χ3v) is 6.07. The first-order valence-corrected chi connectivity index (χ1v) is 10.7. The first kappa shape index (κ1) is 19.2. The molecule has 2 N–H and O–H groups in total. The van der Waals surface area contributed by atoms with Gasteiger partial charge in [-0.3, -0.25) is 4.98 Å². The van der Waals surface area contributed by atoms with Gasteiger partial charge in [0.1, 0.15) is 5.82 Å². The molecule has 0 fully saturated rings. The second-order valence-corrected chi connectivity index (χ2v) is 8.23. The summed E-state index contributed by atoms with van der Waals surface area (Å²) >= 11 is 6.11. The van der Waals surface area contributed by atoms with E-state index < -0.39 is 0 Å². The standard InChI is InChI=1S/C24H18ClFN6/c25-17-2-3-19(26)18(9-17)24-23(29-12-30-24)14-1-4-20-15(7-14)8-16(10-28-20)22-21-11-27-5-6-32(21)13-31-22/h1-4,7-10,12-13,27H,5-6,11H2,(H,29,30). The normalized spacial score (nSPS) is 13.4. The summed E-state index contributed by atoms with van der Waals surface area (Å²) in [6.07, 6.45) is 5.32. The number of hydrogen-bond acceptors (Lipinski definition) is 4. The zero-order valence-corrected chi connectivity index (χ0v) is 17.7. The van der Waals surface area contributed by atoms with Crippen molar-refractivity contribution in [1.29, 1.82) is 0 Å². The minimum Gasteiger partial charge on any atom is -0.344 e. The number of rotatable bonds is 3. The van der Waals surface area contributed by atoms with Crippen molar-refractivity contribution >= 4 is 22.5 Å². The van der Waals surface area contributed by atoms with E-state index in [4.69, 9.17) is 11.6 Å². The summed E-state index contributed by atoms with van der Waals surface area (Å²) in [5.41, 5.74) is 6.43. The van der Waals surface area contributed by atoms with E-state index in [1.165, 1.54) is 17.8 Å². The Labute approximate surface area is 188 Å². The van der Waals surface area contributed by atoms with Gasteiger partial charge in [0.2, 0.25) is 0 Å². The minimum atomic E-state index is -0.359. The predicted octanol–water partition coefficient (Wildman–Crippen LogP) is 5.05. The minimum absolute atomic E-state index is 0.359. The lowest BCUT2D eigenvalue weighted by atomic mass is 10.0. The van der Waals surface area contributed by atoms with Crippen molar-refractivity contribution in [2.24, 2.45) is 0 Å². The molecule has 3 aromatic heterocycles. The van der Waals surface area contributed by atoms with Crippen LogP contribution in [0.15, 0.2) is 61.3 Å². The van der Waals surface area contributed by atoms with Gasteiger partial charge in [0.15, 0.2) is 0 Å². The highest BCUT2D eigenvalue weighted by molar-refractivity contribution is 6.30. The maximum Gasteiger partial charge on any atom is 0.132 e. The molecule has 6 rings (SSSR count). The number of imidazole rings is 2. The second kappa shape index (κ2) is 7.55. The lowest BCUT2D eigenvalue weighted by Crippen LogP contribution is -2.27. The second-order valence-electron chi connectivity index (χ2n) is 7.79. The fourth-order valence-electron chi connectivity index (χ4n) is 4.25. The fraction of sp³-hybridized carbons (Fsp3) is 0.125. The summed E-state index contributed by atoms with van der Waals surface area (Å²) < 4.78 is 16.7. The average Bonchev–Trinajstić information content (AvgIpc) is 3.47. The van der Waals surface area contributed by atoms with Crippen LogP contribution in [-0.2, 0) is 13.1 Å². The average molecular weight is 445 g/mol. The highest BCUT2D eigenvalue weighted by atomic mass is 35.5. The van der Waals surface area contributed by atoms with Crippen LogP contribution in [0.3, 0.4) is 0 Å². The van der Waals surface area contributed by atoms with Crippen molar-refractivity contribution in [2.75, 3.05) is 6.54 Å². The molecule has 0 amide bonds. The molecule has 6 nitrogen and oxygen atoms in total. The molecule has 0 saturated heterocycles. The summed E-state index contributed by atoms with van der Waals surface area (Å²) in [5.74, 6) is -0.359. The van der Waals surface area contributed by atoms with E-state index in [9.17, 15) is 4.39 Å². The molecule has 1 aliphatic rings. The van der Waals surface area contributed by atoms with Crippen molar-refractivity contribution in [3.05, 3.63) is 77.8 Å². The number of aromatic amines is 1. The Kier molecular flexibility index (Phi) is 4.52. The summed E-state index contributed by atoms with van der Waals surface area (Å²) in [6, 6.07) is 12.5. The van der Waals surface area contributed by atoms with E-state index in [1.807, 2.05) is 30.7 Å². The van der Waals surface area contributed by atoms with E-state index in [1.54, 1.807) is 12.4 Å². The summed E-state index contributed by atoms with van der Waals surface area (Å²) in [4.78, 5) is 16.8. The Balaban J connectivity index is 1.45. The fourth-order valence-corrected chi connectivity index (χ4v) is 4.42. The molecular formula is C24H18ClFN6. The van der Waals surface area contributed by atoms with Crippen molar-refractivity contribution in [1.82, 2.24) is 29.8 Å². The van der Waals surface area contributed by atoms with E-state index in [-0.39, 0.29) is 5.82 Å². The van der Waals surface area contributed by atoms with Crippen LogP contribution in [0.25, 0.3) is 44.7 Å². The van der Waals surface area contributed by atoms with E-state index >= 15 is 0 Å². The third kappa shape index (κ3) is 3.18. The highest BCUT2D eigenvalue weighted by Crippen LogP contribution is 2.34. The quantitative estimate of drug-likeness (QED) is 0.408. The van der Waals surface area contributed by atoms with Crippen LogP contribution in [0.4, 0.5) is 4.39 Å². The number of hydrogen-bond donors (Lipinski definition) is 2. The van der Waals surface area contributed by atoms with Crippen LogP contribution in [0.5, 0.6) is 0 Å². The number of halogens is 2. The lowest BCUT2D eigenvalue weighted by Gasteiger charge is -2.16. The van der Waals surface area contributed by atoms with E-state index in [0.717, 1.165) is 47.4 Å². The number of fused-ring (bicyclic) bond motifs is 2. The van der Waals surface area contributed by atoms with Crippen molar-refractivity contribution in [3.63, 3.8) is 0 Å². The molecule has 4 heterocycles. The Hall–Kier alpha value is -3.55. The highest BCUT2D eigenvalue weighted by Gasteiger charge is 2.18. The van der Waals surface area contributed by atoms with Crippen LogP contribution in [0.2, 0.25) is 5.02 Å². The number of nitrogens with one attached hydrogen (secondary N) is 2. The van der Waals surface area contributed by atoms with Crippen molar-refractivity contribution < 1.29 is 4.39 Å². The van der Waals surface area contributed by atoms with Gasteiger partial charge in [0.05, 0.1) is 40.9 Å². The molecule has 0 unspecified atom stereocenters. The predicted molar refractivity (Wildman–Crippen MR) is 123 cm³/mol. The first-order valence-electron chi connectivity index (χ1n) is 10.3. The molecule has 0 spiro atoms. The molecular weight excluding hydrogens is 427 g/mol. The molecule has 0 aliphatic carbocycles. The summed E-state index contributed by atoms with van der Waals surface area (Å²) in [6.45, 7) is 2.64. The van der Waals surface area contributed by atoms with Gasteiger partial charge >= 0.3 is 0 Å². The number of H-pyrrole nitrogens is 1. The van der Waals surface area contributed by atoms with Gasteiger partial charge in [0.25, 0.3) is 0 Å². The lowest BCUT2D eigenvalue weighted by molar-refractivity contribution is 0.517. The SMILES string of the molecule is Fc1ccc(Cl)cc1-c1[nH]cnc1-c1ccc2ncc(-c3ncn4c3CNCC4)cc2c1. The van der Waals surface area contributed by atoms with Gasteiger partial charge in [0, 0.05) is 52.9 Å².